The van der Waals surface area contributed by atoms with Gasteiger partial charge in [-0.25, -0.2) is 4.79 Å². The van der Waals surface area contributed by atoms with E-state index in [0.29, 0.717) is 5.56 Å². The quantitative estimate of drug-likeness (QED) is 0.879. The van der Waals surface area contributed by atoms with Gasteiger partial charge in [-0.2, -0.15) is 0 Å². The zero-order valence-electron chi connectivity index (χ0n) is 12.0. The molecule has 114 valence electrons. The van der Waals surface area contributed by atoms with Crippen molar-refractivity contribution >= 4 is 5.57 Å². The second-order valence-electron chi connectivity index (χ2n) is 5.16. The summed E-state index contributed by atoms with van der Waals surface area (Å²) in [6.45, 7) is 1.43. The van der Waals surface area contributed by atoms with Crippen LogP contribution in [0, 0.1) is 6.92 Å². The van der Waals surface area contributed by atoms with E-state index in [1.807, 2.05) is 30.3 Å². The van der Waals surface area contributed by atoms with E-state index in [1.54, 1.807) is 13.0 Å². The van der Waals surface area contributed by atoms with Crippen molar-refractivity contribution in [2.75, 3.05) is 6.61 Å². The minimum absolute atomic E-state index is 0.186. The van der Waals surface area contributed by atoms with Crippen LogP contribution in [0.25, 0.3) is 5.57 Å². The van der Waals surface area contributed by atoms with Crippen LogP contribution in [0.2, 0.25) is 0 Å². The molecule has 2 atom stereocenters. The Labute approximate surface area is 126 Å². The van der Waals surface area contributed by atoms with E-state index in [4.69, 9.17) is 4.74 Å². The molecular weight excluding hydrogens is 284 g/mol. The van der Waals surface area contributed by atoms with E-state index in [2.05, 4.69) is 4.98 Å². The second-order valence-corrected chi connectivity index (χ2v) is 5.16. The molecule has 2 N–H and O–H groups in total. The highest BCUT2D eigenvalue weighted by Crippen LogP contribution is 2.32. The molecule has 1 aromatic heterocycles. The number of nitrogens with zero attached hydrogens (tertiary/aromatic N) is 1. The van der Waals surface area contributed by atoms with Gasteiger partial charge >= 0.3 is 5.69 Å². The number of nitrogens with one attached hydrogen (secondary N) is 1. The van der Waals surface area contributed by atoms with Crippen molar-refractivity contribution in [3.05, 3.63) is 74.6 Å². The Morgan fingerprint density at radius 2 is 2.00 bits per heavy atom. The number of aromatic amines is 1. The highest BCUT2D eigenvalue weighted by atomic mass is 16.5. The average molecular weight is 300 g/mol. The van der Waals surface area contributed by atoms with Gasteiger partial charge in [0.2, 0.25) is 0 Å². The Morgan fingerprint density at radius 3 is 2.68 bits per heavy atom. The number of rotatable bonds is 3. The zero-order chi connectivity index (χ0) is 15.7. The molecule has 0 saturated heterocycles. The Morgan fingerprint density at radius 1 is 1.27 bits per heavy atom. The number of aromatic nitrogens is 2. The summed E-state index contributed by atoms with van der Waals surface area (Å²) in [6.07, 6.45) is 2.09. The molecule has 0 radical (unpaired) electrons. The Hall–Kier alpha value is -2.44. The van der Waals surface area contributed by atoms with Crippen molar-refractivity contribution in [3.63, 3.8) is 0 Å². The number of hydrogen-bond acceptors (Lipinski definition) is 4. The molecule has 1 aliphatic rings. The fourth-order valence-electron chi connectivity index (χ4n) is 2.52. The number of aliphatic hydroxyl groups is 1. The topological polar surface area (TPSA) is 84.3 Å². The first-order chi connectivity index (χ1) is 10.6. The van der Waals surface area contributed by atoms with E-state index in [9.17, 15) is 14.7 Å². The molecule has 6 nitrogen and oxygen atoms in total. The molecule has 22 heavy (non-hydrogen) atoms. The summed E-state index contributed by atoms with van der Waals surface area (Å²) >= 11 is 0. The number of H-pyrrole nitrogens is 1. The number of benzene rings is 1. The number of aryl methyl sites for hydroxylation is 1. The normalized spacial score (nSPS) is 20.9. The summed E-state index contributed by atoms with van der Waals surface area (Å²) in [5.41, 5.74) is 1.22. The maximum absolute atomic E-state index is 12.0. The number of aliphatic hydroxyl groups excluding tert-OH is 1. The molecule has 0 aliphatic carbocycles. The SMILES string of the molecule is Cc1cn([C@H]2C=C(c3ccccc3)[C@@H](CO)O2)c(=O)[nH]c1=O. The monoisotopic (exact) mass is 300 g/mol. The lowest BCUT2D eigenvalue weighted by molar-refractivity contribution is -0.00731. The zero-order valence-corrected chi connectivity index (χ0v) is 12.0. The van der Waals surface area contributed by atoms with Crippen molar-refractivity contribution < 1.29 is 9.84 Å². The van der Waals surface area contributed by atoms with Gasteiger partial charge in [-0.05, 0) is 24.1 Å². The molecule has 0 saturated carbocycles. The fraction of sp³-hybridized carbons (Fsp3) is 0.250. The van der Waals surface area contributed by atoms with Gasteiger partial charge < -0.3 is 9.84 Å². The summed E-state index contributed by atoms with van der Waals surface area (Å²) in [5.74, 6) is 0. The average Bonchev–Trinajstić information content (AvgIpc) is 2.96. The largest absolute Gasteiger partial charge is 0.393 e. The highest BCUT2D eigenvalue weighted by molar-refractivity contribution is 5.70. The molecular formula is C16H16N2O4. The maximum atomic E-state index is 12.0. The van der Waals surface area contributed by atoms with E-state index in [0.717, 1.165) is 11.1 Å². The lowest BCUT2D eigenvalue weighted by Crippen LogP contribution is -2.33. The smallest absolute Gasteiger partial charge is 0.330 e. The Bertz CT molecular complexity index is 820. The summed E-state index contributed by atoms with van der Waals surface area (Å²) in [5, 5.41) is 9.52. The molecule has 2 aromatic rings. The summed E-state index contributed by atoms with van der Waals surface area (Å²) in [6, 6.07) is 9.53. The van der Waals surface area contributed by atoms with Gasteiger partial charge in [-0.15, -0.1) is 0 Å². The number of hydrogen-bond donors (Lipinski definition) is 2. The first-order valence-corrected chi connectivity index (χ1v) is 6.95. The third kappa shape index (κ3) is 2.54. The molecule has 0 fully saturated rings. The van der Waals surface area contributed by atoms with Crippen LogP contribution in [0.4, 0.5) is 0 Å². The summed E-state index contributed by atoms with van der Waals surface area (Å²) in [4.78, 5) is 25.7. The van der Waals surface area contributed by atoms with Gasteiger partial charge in [-0.1, -0.05) is 30.3 Å². The predicted molar refractivity (Wildman–Crippen MR) is 81.5 cm³/mol. The van der Waals surface area contributed by atoms with Crippen LogP contribution in [0.15, 0.2) is 52.2 Å². The second kappa shape index (κ2) is 5.75. The summed E-state index contributed by atoms with van der Waals surface area (Å²) in [7, 11) is 0. The van der Waals surface area contributed by atoms with Crippen LogP contribution < -0.4 is 11.2 Å². The van der Waals surface area contributed by atoms with Crippen LogP contribution in [0.1, 0.15) is 17.4 Å². The lowest BCUT2D eigenvalue weighted by Gasteiger charge is -2.16. The van der Waals surface area contributed by atoms with Crippen LogP contribution in [-0.4, -0.2) is 27.4 Å². The van der Waals surface area contributed by atoms with Crippen LogP contribution >= 0.6 is 0 Å². The lowest BCUT2D eigenvalue weighted by atomic mass is 10.0. The van der Waals surface area contributed by atoms with Gasteiger partial charge in [0.15, 0.2) is 6.23 Å². The molecule has 6 heteroatoms. The van der Waals surface area contributed by atoms with Crippen LogP contribution in [-0.2, 0) is 4.74 Å². The first-order valence-electron chi connectivity index (χ1n) is 6.95. The molecule has 1 aromatic carbocycles. The van der Waals surface area contributed by atoms with E-state index in [-0.39, 0.29) is 6.61 Å². The molecule has 1 aliphatic heterocycles. The van der Waals surface area contributed by atoms with Gasteiger partial charge in [-0.3, -0.25) is 14.3 Å². The van der Waals surface area contributed by atoms with Crippen LogP contribution in [0.3, 0.4) is 0 Å². The van der Waals surface area contributed by atoms with Crippen molar-refractivity contribution in [1.29, 1.82) is 0 Å². The summed E-state index contributed by atoms with van der Waals surface area (Å²) < 4.78 is 7.05. The molecule has 0 bridgehead atoms. The molecule has 0 unspecified atom stereocenters. The minimum atomic E-state index is -0.657. The molecule has 0 spiro atoms. The minimum Gasteiger partial charge on any atom is -0.393 e. The Balaban J connectivity index is 2.04. The van der Waals surface area contributed by atoms with Crippen LogP contribution in [0.5, 0.6) is 0 Å². The number of ether oxygens (including phenoxy) is 1. The third-order valence-electron chi connectivity index (χ3n) is 3.67. The van der Waals surface area contributed by atoms with E-state index >= 15 is 0 Å². The maximum Gasteiger partial charge on any atom is 0.330 e. The third-order valence-corrected chi connectivity index (χ3v) is 3.67. The van der Waals surface area contributed by atoms with Crippen molar-refractivity contribution in [2.45, 2.75) is 19.3 Å². The Kier molecular flexibility index (Phi) is 3.79. The molecule has 0 amide bonds. The van der Waals surface area contributed by atoms with Gasteiger partial charge in [0.25, 0.3) is 5.56 Å². The van der Waals surface area contributed by atoms with Crippen molar-refractivity contribution in [3.8, 4) is 0 Å². The predicted octanol–water partition coefficient (Wildman–Crippen LogP) is 0.818. The highest BCUT2D eigenvalue weighted by Gasteiger charge is 2.29. The van der Waals surface area contributed by atoms with E-state index in [1.165, 1.54) is 10.8 Å². The first kappa shape index (κ1) is 14.5. The standard InChI is InChI=1S/C16H16N2O4/c1-10-8-18(16(21)17-15(10)20)14-7-12(13(9-19)22-14)11-5-3-2-4-6-11/h2-8,13-14,19H,9H2,1H3,(H,17,20,21)/t13-,14-/m1/s1. The van der Waals surface area contributed by atoms with E-state index < -0.39 is 23.6 Å². The van der Waals surface area contributed by atoms with Gasteiger partial charge in [0.1, 0.15) is 6.10 Å². The van der Waals surface area contributed by atoms with Crippen molar-refractivity contribution in [1.82, 2.24) is 9.55 Å². The molecule has 3 rings (SSSR count). The van der Waals surface area contributed by atoms with Crippen molar-refractivity contribution in [2.24, 2.45) is 0 Å². The van der Waals surface area contributed by atoms with Gasteiger partial charge in [0.05, 0.1) is 6.61 Å². The fourth-order valence-corrected chi connectivity index (χ4v) is 2.52. The molecule has 2 heterocycles. The van der Waals surface area contributed by atoms with Gasteiger partial charge in [0, 0.05) is 11.8 Å².